The molecule has 13 heteroatoms. The molecule has 0 bridgehead atoms. The maximum absolute atomic E-state index is 13.9. The van der Waals surface area contributed by atoms with E-state index in [0.717, 1.165) is 18.4 Å². The predicted octanol–water partition coefficient (Wildman–Crippen LogP) is 4.03. The van der Waals surface area contributed by atoms with Crippen LogP contribution in [0.25, 0.3) is 16.9 Å². The highest BCUT2D eigenvalue weighted by Gasteiger charge is 2.39. The Morgan fingerprint density at radius 3 is 2.77 bits per heavy atom. The average molecular weight is 557 g/mol. The molecule has 212 valence electrons. The fourth-order valence-corrected chi connectivity index (χ4v) is 4.52. The molecule has 0 aliphatic heterocycles. The molecular formula is C27H31F3N8O2. The molecule has 4 N–H and O–H groups in total. The summed E-state index contributed by atoms with van der Waals surface area (Å²) in [6.07, 6.45) is 3.92. The van der Waals surface area contributed by atoms with Gasteiger partial charge < -0.3 is 21.1 Å². The molecule has 1 aliphatic rings. The second kappa shape index (κ2) is 11.6. The minimum Gasteiger partial charge on any atom is -0.378 e. The van der Waals surface area contributed by atoms with E-state index in [-0.39, 0.29) is 17.2 Å². The summed E-state index contributed by atoms with van der Waals surface area (Å²) in [6, 6.07) is 5.31. The Hall–Kier alpha value is -3.97. The van der Waals surface area contributed by atoms with E-state index in [0.29, 0.717) is 67.9 Å². The van der Waals surface area contributed by atoms with Gasteiger partial charge in [-0.25, -0.2) is 9.97 Å². The van der Waals surface area contributed by atoms with Gasteiger partial charge in [0.2, 0.25) is 0 Å². The maximum Gasteiger partial charge on any atom is 0.435 e. The topological polar surface area (TPSA) is 124 Å². The van der Waals surface area contributed by atoms with Gasteiger partial charge in [-0.2, -0.15) is 18.3 Å². The van der Waals surface area contributed by atoms with Crippen molar-refractivity contribution in [2.24, 2.45) is 11.7 Å². The van der Waals surface area contributed by atoms with Gasteiger partial charge in [-0.3, -0.25) is 13.9 Å². The Balaban J connectivity index is 1.39. The Kier molecular flexibility index (Phi) is 8.03. The van der Waals surface area contributed by atoms with E-state index in [2.05, 4.69) is 25.7 Å². The molecular weight excluding hydrogens is 525 g/mol. The molecule has 5 rings (SSSR count). The van der Waals surface area contributed by atoms with Crippen molar-refractivity contribution in [1.82, 2.24) is 29.5 Å². The normalized spacial score (nSPS) is 13.6. The van der Waals surface area contributed by atoms with Crippen LogP contribution in [0, 0.1) is 5.92 Å². The van der Waals surface area contributed by atoms with Gasteiger partial charge in [0.1, 0.15) is 0 Å². The zero-order chi connectivity index (χ0) is 28.3. The highest BCUT2D eigenvalue weighted by molar-refractivity contribution is 5.96. The van der Waals surface area contributed by atoms with Crippen LogP contribution in [0.15, 0.2) is 43.0 Å². The van der Waals surface area contributed by atoms with Crippen LogP contribution in [0.2, 0.25) is 0 Å². The van der Waals surface area contributed by atoms with E-state index in [9.17, 15) is 18.0 Å². The molecule has 10 nitrogen and oxygen atoms in total. The number of halogens is 3. The predicted molar refractivity (Wildman–Crippen MR) is 143 cm³/mol. The number of nitrogens with two attached hydrogens (primary N) is 1. The maximum atomic E-state index is 13.9. The number of aryl methyl sites for hydroxylation is 1. The summed E-state index contributed by atoms with van der Waals surface area (Å²) in [7, 11) is 0. The smallest absolute Gasteiger partial charge is 0.378 e. The summed E-state index contributed by atoms with van der Waals surface area (Å²) in [5.74, 6) is 0.529. The lowest BCUT2D eigenvalue weighted by atomic mass is 10.0. The quantitative estimate of drug-likeness (QED) is 0.225. The second-order valence-electron chi connectivity index (χ2n) is 9.67. The first-order valence-electron chi connectivity index (χ1n) is 13.2. The van der Waals surface area contributed by atoms with E-state index < -0.39 is 11.9 Å². The molecule has 0 radical (unpaired) electrons. The number of rotatable bonds is 12. The van der Waals surface area contributed by atoms with E-state index in [1.54, 1.807) is 22.7 Å². The third-order valence-electron chi connectivity index (χ3n) is 6.66. The van der Waals surface area contributed by atoms with Gasteiger partial charge in [0, 0.05) is 49.5 Å². The number of nitrogens with one attached hydrogen (secondary N) is 2. The lowest BCUT2D eigenvalue weighted by molar-refractivity contribution is -0.141. The molecule has 0 saturated heterocycles. The van der Waals surface area contributed by atoms with Gasteiger partial charge in [0.15, 0.2) is 17.2 Å². The number of carbonyl (C=O) groups is 1. The monoisotopic (exact) mass is 556 g/mol. The van der Waals surface area contributed by atoms with Crippen LogP contribution in [0.5, 0.6) is 0 Å². The number of hydrogen-bond acceptors (Lipinski definition) is 7. The van der Waals surface area contributed by atoms with Crippen molar-refractivity contribution in [2.75, 3.05) is 31.6 Å². The van der Waals surface area contributed by atoms with E-state index >= 15 is 0 Å². The molecule has 0 unspecified atom stereocenters. The number of anilines is 2. The third-order valence-corrected chi connectivity index (χ3v) is 6.66. The van der Waals surface area contributed by atoms with E-state index in [4.69, 9.17) is 10.5 Å². The first kappa shape index (κ1) is 27.6. The van der Waals surface area contributed by atoms with Crippen molar-refractivity contribution < 1.29 is 22.7 Å². The Labute approximate surface area is 228 Å². The Bertz CT molecular complexity index is 1490. The summed E-state index contributed by atoms with van der Waals surface area (Å²) in [5.41, 5.74) is 7.08. The van der Waals surface area contributed by atoms with Crippen molar-refractivity contribution in [3.63, 3.8) is 0 Å². The molecule has 40 heavy (non-hydrogen) atoms. The molecule has 1 aliphatic carbocycles. The number of aromatic nitrogens is 5. The summed E-state index contributed by atoms with van der Waals surface area (Å²) >= 11 is 0. The number of hydrogen-bond donors (Lipinski definition) is 3. The summed E-state index contributed by atoms with van der Waals surface area (Å²) in [5, 5.41) is 9.90. The molecule has 1 amide bonds. The molecule has 1 saturated carbocycles. The standard InChI is InChI=1S/C27H31F3N8O2/c1-2-18-13-19(5-6-20(18)26(39)33-9-12-40-11-7-31)35-24-25-34-14-22(38(25)10-8-32-24)21-16-37(15-17-3-4-17)36-23(21)27(28,29)30/h5-6,8,10,13-14,16-17H,2-4,7,9,11-12,15,31H2,1H3,(H,32,35)(H,33,39). The number of fused-ring (bicyclic) bond motifs is 1. The van der Waals surface area contributed by atoms with E-state index in [1.807, 2.05) is 13.0 Å². The van der Waals surface area contributed by atoms with Crippen molar-refractivity contribution in [2.45, 2.75) is 38.9 Å². The van der Waals surface area contributed by atoms with E-state index in [1.165, 1.54) is 23.3 Å². The molecule has 3 aromatic heterocycles. The highest BCUT2D eigenvalue weighted by atomic mass is 19.4. The van der Waals surface area contributed by atoms with Crippen LogP contribution in [0.4, 0.5) is 24.7 Å². The van der Waals surface area contributed by atoms with Crippen LogP contribution in [-0.2, 0) is 23.9 Å². The molecule has 0 atom stereocenters. The minimum atomic E-state index is -4.61. The summed E-state index contributed by atoms with van der Waals surface area (Å²) in [6.45, 7) is 4.00. The van der Waals surface area contributed by atoms with Crippen LogP contribution in [-0.4, -0.2) is 56.4 Å². The lowest BCUT2D eigenvalue weighted by Crippen LogP contribution is -2.28. The van der Waals surface area contributed by atoms with Gasteiger partial charge in [0.05, 0.1) is 30.7 Å². The molecule has 1 aromatic carbocycles. The number of benzene rings is 1. The molecule has 1 fully saturated rings. The van der Waals surface area contributed by atoms with Crippen molar-refractivity contribution in [3.8, 4) is 11.3 Å². The Morgan fingerprint density at radius 2 is 2.05 bits per heavy atom. The average Bonchev–Trinajstić information content (AvgIpc) is 3.46. The van der Waals surface area contributed by atoms with Gasteiger partial charge in [-0.15, -0.1) is 0 Å². The Morgan fingerprint density at radius 1 is 1.23 bits per heavy atom. The minimum absolute atomic E-state index is 0.0325. The van der Waals surface area contributed by atoms with Crippen molar-refractivity contribution in [3.05, 3.63) is 59.8 Å². The molecule has 3 heterocycles. The van der Waals surface area contributed by atoms with Crippen LogP contribution < -0.4 is 16.4 Å². The largest absolute Gasteiger partial charge is 0.435 e. The van der Waals surface area contributed by atoms with Crippen LogP contribution in [0.3, 0.4) is 0 Å². The van der Waals surface area contributed by atoms with Crippen LogP contribution >= 0.6 is 0 Å². The van der Waals surface area contributed by atoms with Gasteiger partial charge in [0.25, 0.3) is 5.91 Å². The van der Waals surface area contributed by atoms with Crippen molar-refractivity contribution in [1.29, 1.82) is 0 Å². The number of nitrogens with zero attached hydrogens (tertiary/aromatic N) is 5. The molecule has 4 aromatic rings. The number of ether oxygens (including phenoxy) is 1. The SMILES string of the molecule is CCc1cc(Nc2nccn3c(-c4cn(CC5CC5)nc4C(F)(F)F)cnc23)ccc1C(=O)NCCOCCN. The fourth-order valence-electron chi connectivity index (χ4n) is 4.52. The number of alkyl halides is 3. The summed E-state index contributed by atoms with van der Waals surface area (Å²) < 4.78 is 49.9. The third kappa shape index (κ3) is 6.10. The number of amides is 1. The van der Waals surface area contributed by atoms with Crippen molar-refractivity contribution >= 4 is 23.1 Å². The summed E-state index contributed by atoms with van der Waals surface area (Å²) in [4.78, 5) is 21.4. The lowest BCUT2D eigenvalue weighted by Gasteiger charge is -2.13. The van der Waals surface area contributed by atoms with Gasteiger partial charge in [-0.05, 0) is 48.9 Å². The number of carbonyl (C=O) groups excluding carboxylic acids is 1. The zero-order valence-electron chi connectivity index (χ0n) is 22.0. The second-order valence-corrected chi connectivity index (χ2v) is 9.67. The fraction of sp³-hybridized carbons (Fsp3) is 0.407. The van der Waals surface area contributed by atoms with Crippen LogP contribution in [0.1, 0.15) is 41.4 Å². The zero-order valence-corrected chi connectivity index (χ0v) is 22.0. The van der Waals surface area contributed by atoms with Gasteiger partial charge >= 0.3 is 6.18 Å². The molecule has 0 spiro atoms. The highest BCUT2D eigenvalue weighted by Crippen LogP contribution is 2.38. The first-order valence-corrected chi connectivity index (χ1v) is 13.2. The van der Waals surface area contributed by atoms with Gasteiger partial charge in [-0.1, -0.05) is 6.92 Å². The first-order chi connectivity index (χ1) is 19.3. The number of imidazole rings is 1.